The Balaban J connectivity index is 2.22. The SMILES string of the molecule is Cc1cc2c(=O)n(Cc3c(C)noc3C)c(=O)[nH]c2s1. The van der Waals surface area contributed by atoms with Crippen molar-refractivity contribution in [3.05, 3.63) is 48.8 Å². The fourth-order valence-corrected chi connectivity index (χ4v) is 3.09. The first-order chi connectivity index (χ1) is 9.47. The molecule has 0 atom stereocenters. The van der Waals surface area contributed by atoms with Gasteiger partial charge in [0.25, 0.3) is 5.56 Å². The zero-order chi connectivity index (χ0) is 14.4. The molecular weight excluding hydrogens is 278 g/mol. The first-order valence-electron chi connectivity index (χ1n) is 6.12. The minimum atomic E-state index is -0.413. The molecule has 0 bridgehead atoms. The molecule has 0 radical (unpaired) electrons. The van der Waals surface area contributed by atoms with Crippen LogP contribution >= 0.6 is 11.3 Å². The number of rotatable bonds is 2. The summed E-state index contributed by atoms with van der Waals surface area (Å²) >= 11 is 1.40. The summed E-state index contributed by atoms with van der Waals surface area (Å²) in [7, 11) is 0. The fourth-order valence-electron chi connectivity index (χ4n) is 2.20. The number of nitrogens with zero attached hydrogens (tertiary/aromatic N) is 2. The van der Waals surface area contributed by atoms with Crippen LogP contribution in [0.15, 0.2) is 20.2 Å². The van der Waals surface area contributed by atoms with Crippen LogP contribution in [0.2, 0.25) is 0 Å². The lowest BCUT2D eigenvalue weighted by molar-refractivity contribution is 0.392. The molecule has 0 saturated carbocycles. The van der Waals surface area contributed by atoms with E-state index in [9.17, 15) is 9.59 Å². The van der Waals surface area contributed by atoms with Crippen molar-refractivity contribution in [2.45, 2.75) is 27.3 Å². The summed E-state index contributed by atoms with van der Waals surface area (Å²) in [6, 6.07) is 1.79. The van der Waals surface area contributed by atoms with Crippen LogP contribution in [-0.2, 0) is 6.54 Å². The van der Waals surface area contributed by atoms with Gasteiger partial charge in [-0.1, -0.05) is 5.16 Å². The van der Waals surface area contributed by atoms with E-state index in [1.165, 1.54) is 15.9 Å². The van der Waals surface area contributed by atoms with Gasteiger partial charge in [-0.2, -0.15) is 0 Å². The minimum absolute atomic E-state index is 0.167. The predicted molar refractivity (Wildman–Crippen MR) is 76.5 cm³/mol. The predicted octanol–water partition coefficient (Wildman–Crippen LogP) is 1.71. The second-order valence-corrected chi connectivity index (χ2v) is 5.98. The number of fused-ring (bicyclic) bond motifs is 1. The number of thiophene rings is 1. The maximum absolute atomic E-state index is 12.4. The molecular formula is C13H13N3O3S. The van der Waals surface area contributed by atoms with E-state index >= 15 is 0 Å². The van der Waals surface area contributed by atoms with Gasteiger partial charge in [0.2, 0.25) is 0 Å². The summed E-state index contributed by atoms with van der Waals surface area (Å²) in [5, 5.41) is 4.38. The Labute approximate surface area is 117 Å². The summed E-state index contributed by atoms with van der Waals surface area (Å²) in [6.07, 6.45) is 0. The topological polar surface area (TPSA) is 80.9 Å². The van der Waals surface area contributed by atoms with Crippen LogP contribution in [0.5, 0.6) is 0 Å². The number of hydrogen-bond donors (Lipinski definition) is 1. The lowest BCUT2D eigenvalue weighted by Crippen LogP contribution is -2.35. The van der Waals surface area contributed by atoms with Crippen molar-refractivity contribution in [1.82, 2.24) is 14.7 Å². The molecule has 0 aromatic carbocycles. The summed E-state index contributed by atoms with van der Waals surface area (Å²) in [4.78, 5) is 28.8. The Morgan fingerprint density at radius 2 is 2.10 bits per heavy atom. The van der Waals surface area contributed by atoms with Gasteiger partial charge in [-0.3, -0.25) is 14.3 Å². The first kappa shape index (κ1) is 12.9. The first-order valence-corrected chi connectivity index (χ1v) is 6.94. The van der Waals surface area contributed by atoms with Crippen LogP contribution in [0.25, 0.3) is 10.2 Å². The normalized spacial score (nSPS) is 11.3. The quantitative estimate of drug-likeness (QED) is 0.779. The van der Waals surface area contributed by atoms with Gasteiger partial charge in [0.1, 0.15) is 10.6 Å². The molecule has 3 rings (SSSR count). The van der Waals surface area contributed by atoms with Crippen molar-refractivity contribution < 1.29 is 4.52 Å². The number of nitrogens with one attached hydrogen (secondary N) is 1. The average Bonchev–Trinajstić information content (AvgIpc) is 2.90. The van der Waals surface area contributed by atoms with Gasteiger partial charge in [0.05, 0.1) is 17.6 Å². The van der Waals surface area contributed by atoms with Gasteiger partial charge in [0, 0.05) is 10.4 Å². The van der Waals surface area contributed by atoms with E-state index in [-0.39, 0.29) is 12.1 Å². The van der Waals surface area contributed by atoms with Crippen LogP contribution in [0.4, 0.5) is 0 Å². The maximum atomic E-state index is 12.4. The Hall–Kier alpha value is -2.15. The fraction of sp³-hybridized carbons (Fsp3) is 0.308. The summed E-state index contributed by atoms with van der Waals surface area (Å²) in [5.74, 6) is 0.621. The van der Waals surface area contributed by atoms with Gasteiger partial charge < -0.3 is 4.52 Å². The minimum Gasteiger partial charge on any atom is -0.361 e. The molecule has 7 heteroatoms. The molecule has 0 unspecified atom stereocenters. The maximum Gasteiger partial charge on any atom is 0.329 e. The number of hydrogen-bond acceptors (Lipinski definition) is 5. The van der Waals surface area contributed by atoms with Crippen molar-refractivity contribution in [3.63, 3.8) is 0 Å². The second-order valence-electron chi connectivity index (χ2n) is 4.72. The van der Waals surface area contributed by atoms with E-state index in [2.05, 4.69) is 10.1 Å². The number of H-pyrrole nitrogens is 1. The van der Waals surface area contributed by atoms with Gasteiger partial charge in [-0.05, 0) is 26.8 Å². The largest absolute Gasteiger partial charge is 0.361 e. The molecule has 3 aromatic rings. The second kappa shape index (κ2) is 4.45. The number of aromatic nitrogens is 3. The lowest BCUT2D eigenvalue weighted by atomic mass is 10.2. The van der Waals surface area contributed by atoms with Crippen LogP contribution < -0.4 is 11.2 Å². The third kappa shape index (κ3) is 1.90. The van der Waals surface area contributed by atoms with Crippen LogP contribution in [-0.4, -0.2) is 14.7 Å². The Bertz CT molecular complexity index is 894. The highest BCUT2D eigenvalue weighted by molar-refractivity contribution is 7.18. The Morgan fingerprint density at radius 1 is 1.35 bits per heavy atom. The van der Waals surface area contributed by atoms with Crippen LogP contribution in [0.1, 0.15) is 21.9 Å². The molecule has 0 aliphatic carbocycles. The molecule has 0 aliphatic rings. The van der Waals surface area contributed by atoms with Crippen molar-refractivity contribution >= 4 is 21.6 Å². The third-order valence-electron chi connectivity index (χ3n) is 3.29. The van der Waals surface area contributed by atoms with Gasteiger partial charge >= 0.3 is 5.69 Å². The van der Waals surface area contributed by atoms with E-state index in [4.69, 9.17) is 4.52 Å². The molecule has 0 aliphatic heterocycles. The highest BCUT2D eigenvalue weighted by Gasteiger charge is 2.15. The molecule has 20 heavy (non-hydrogen) atoms. The zero-order valence-corrected chi connectivity index (χ0v) is 12.1. The number of aromatic amines is 1. The molecule has 1 N–H and O–H groups in total. The van der Waals surface area contributed by atoms with E-state index in [1.807, 2.05) is 6.92 Å². The summed E-state index contributed by atoms with van der Waals surface area (Å²) in [5.41, 5.74) is 0.761. The molecule has 0 amide bonds. The Morgan fingerprint density at radius 3 is 2.75 bits per heavy atom. The van der Waals surface area contributed by atoms with Gasteiger partial charge in [-0.15, -0.1) is 11.3 Å². The monoisotopic (exact) mass is 291 g/mol. The smallest absolute Gasteiger partial charge is 0.329 e. The molecule has 6 nitrogen and oxygen atoms in total. The van der Waals surface area contributed by atoms with Gasteiger partial charge in [-0.25, -0.2) is 4.79 Å². The third-order valence-corrected chi connectivity index (χ3v) is 4.26. The average molecular weight is 291 g/mol. The van der Waals surface area contributed by atoms with E-state index in [0.29, 0.717) is 21.7 Å². The molecule has 3 heterocycles. The molecule has 0 saturated heterocycles. The Kier molecular flexibility index (Phi) is 2.86. The highest BCUT2D eigenvalue weighted by Crippen LogP contribution is 2.19. The number of aryl methyl sites for hydroxylation is 3. The van der Waals surface area contributed by atoms with Crippen LogP contribution in [0.3, 0.4) is 0 Å². The molecule has 0 fully saturated rings. The van der Waals surface area contributed by atoms with Crippen molar-refractivity contribution in [2.75, 3.05) is 0 Å². The van der Waals surface area contributed by atoms with Crippen molar-refractivity contribution in [3.8, 4) is 0 Å². The van der Waals surface area contributed by atoms with E-state index in [0.717, 1.165) is 10.4 Å². The standard InChI is InChI=1S/C13H13N3O3S/c1-6-4-9-11(20-6)14-13(18)16(12(9)17)5-10-7(2)15-19-8(10)3/h4H,5H2,1-3H3,(H,14,18). The van der Waals surface area contributed by atoms with Crippen molar-refractivity contribution in [1.29, 1.82) is 0 Å². The van der Waals surface area contributed by atoms with Crippen LogP contribution in [0, 0.1) is 20.8 Å². The van der Waals surface area contributed by atoms with E-state index < -0.39 is 5.69 Å². The zero-order valence-electron chi connectivity index (χ0n) is 11.3. The van der Waals surface area contributed by atoms with E-state index in [1.54, 1.807) is 19.9 Å². The summed E-state index contributed by atoms with van der Waals surface area (Å²) in [6.45, 7) is 5.63. The van der Waals surface area contributed by atoms with Crippen molar-refractivity contribution in [2.24, 2.45) is 0 Å². The summed E-state index contributed by atoms with van der Waals surface area (Å²) < 4.78 is 6.24. The van der Waals surface area contributed by atoms with Gasteiger partial charge in [0.15, 0.2) is 0 Å². The lowest BCUT2D eigenvalue weighted by Gasteiger charge is -2.04. The molecule has 104 valence electrons. The molecule has 3 aromatic heterocycles. The molecule has 0 spiro atoms. The highest BCUT2D eigenvalue weighted by atomic mass is 32.1.